The third kappa shape index (κ3) is 3.75. The van der Waals surface area contributed by atoms with Crippen LogP contribution in [0.25, 0.3) is 0 Å². The molecule has 6 heteroatoms. The normalized spacial score (nSPS) is 11.2. The Kier molecular flexibility index (Phi) is 3.88. The van der Waals surface area contributed by atoms with Crippen LogP contribution < -0.4 is 10.6 Å². The van der Waals surface area contributed by atoms with Gasteiger partial charge in [0.05, 0.1) is 0 Å². The Morgan fingerprint density at radius 1 is 1.24 bits per heavy atom. The number of nitrogens with one attached hydrogen (secondary N) is 2. The second-order valence-electron chi connectivity index (χ2n) is 5.90. The van der Waals surface area contributed by atoms with Gasteiger partial charge in [0.1, 0.15) is 11.5 Å². The number of urea groups is 1. The highest BCUT2D eigenvalue weighted by Gasteiger charge is 2.20. The van der Waals surface area contributed by atoms with E-state index in [-0.39, 0.29) is 11.2 Å². The maximum Gasteiger partial charge on any atom is 0.324 e. The number of rotatable bonds is 2. The van der Waals surface area contributed by atoms with Crippen molar-refractivity contribution < 1.29 is 14.4 Å². The van der Waals surface area contributed by atoms with Gasteiger partial charge in [-0.3, -0.25) is 5.32 Å². The molecule has 2 rings (SSSR count). The molecule has 0 atom stereocenters. The summed E-state index contributed by atoms with van der Waals surface area (Å²) in [5.74, 6) is 1.21. The summed E-state index contributed by atoms with van der Waals surface area (Å²) in [6, 6.07) is 5.99. The van der Waals surface area contributed by atoms with E-state index in [1.54, 1.807) is 25.1 Å². The number of hydrogen-bond acceptors (Lipinski definition) is 4. The van der Waals surface area contributed by atoms with Gasteiger partial charge in [0.15, 0.2) is 5.82 Å². The number of anilines is 2. The zero-order chi connectivity index (χ0) is 15.6. The molecule has 1 aromatic carbocycles. The lowest BCUT2D eigenvalue weighted by atomic mass is 9.93. The number of aromatic hydroxyl groups is 1. The largest absolute Gasteiger partial charge is 0.508 e. The molecule has 3 N–H and O–H groups in total. The van der Waals surface area contributed by atoms with Gasteiger partial charge in [0.2, 0.25) is 0 Å². The minimum absolute atomic E-state index is 0.157. The van der Waals surface area contributed by atoms with Crippen molar-refractivity contribution in [3.8, 4) is 5.75 Å². The van der Waals surface area contributed by atoms with Crippen molar-refractivity contribution in [2.45, 2.75) is 33.1 Å². The Labute approximate surface area is 123 Å². The van der Waals surface area contributed by atoms with Gasteiger partial charge in [0, 0.05) is 17.2 Å². The molecule has 0 bridgehead atoms. The number of benzene rings is 1. The van der Waals surface area contributed by atoms with Crippen molar-refractivity contribution in [2.75, 3.05) is 10.6 Å². The van der Waals surface area contributed by atoms with Crippen LogP contribution in [-0.2, 0) is 5.41 Å². The summed E-state index contributed by atoms with van der Waals surface area (Å²) >= 11 is 0. The molecule has 0 fully saturated rings. The molecule has 1 aromatic heterocycles. The summed E-state index contributed by atoms with van der Waals surface area (Å²) in [4.78, 5) is 11.9. The van der Waals surface area contributed by atoms with Crippen LogP contribution in [0.2, 0.25) is 0 Å². The highest BCUT2D eigenvalue weighted by Crippen LogP contribution is 2.24. The quantitative estimate of drug-likeness (QED) is 0.737. The lowest BCUT2D eigenvalue weighted by Gasteiger charge is -2.12. The van der Waals surface area contributed by atoms with E-state index in [4.69, 9.17) is 4.52 Å². The van der Waals surface area contributed by atoms with Crippen LogP contribution in [0.5, 0.6) is 5.75 Å². The van der Waals surface area contributed by atoms with Crippen molar-refractivity contribution in [3.63, 3.8) is 0 Å². The number of carbonyl (C=O) groups excluding carboxylic acids is 1. The number of nitrogens with zero attached hydrogens (tertiary/aromatic N) is 1. The van der Waals surface area contributed by atoms with E-state index in [0.29, 0.717) is 17.3 Å². The molecule has 0 aliphatic rings. The van der Waals surface area contributed by atoms with Crippen LogP contribution in [0.4, 0.5) is 16.3 Å². The van der Waals surface area contributed by atoms with Crippen molar-refractivity contribution in [1.82, 2.24) is 5.16 Å². The topological polar surface area (TPSA) is 87.4 Å². The molecule has 2 aromatic rings. The number of phenolic OH excluding ortho intramolecular Hbond substituents is 1. The van der Waals surface area contributed by atoms with E-state index >= 15 is 0 Å². The zero-order valence-electron chi connectivity index (χ0n) is 12.5. The predicted molar refractivity (Wildman–Crippen MR) is 80.7 cm³/mol. The summed E-state index contributed by atoms with van der Waals surface area (Å²) in [5.41, 5.74) is 1.21. The van der Waals surface area contributed by atoms with Crippen LogP contribution >= 0.6 is 0 Å². The maximum atomic E-state index is 11.9. The fraction of sp³-hybridized carbons (Fsp3) is 0.333. The summed E-state index contributed by atoms with van der Waals surface area (Å²) in [7, 11) is 0. The molecule has 0 saturated heterocycles. The molecule has 0 saturated carbocycles. The van der Waals surface area contributed by atoms with Crippen molar-refractivity contribution in [1.29, 1.82) is 0 Å². The molecule has 0 radical (unpaired) electrons. The van der Waals surface area contributed by atoms with Crippen LogP contribution in [-0.4, -0.2) is 16.3 Å². The van der Waals surface area contributed by atoms with Crippen LogP contribution in [0.1, 0.15) is 32.1 Å². The number of aromatic nitrogens is 1. The van der Waals surface area contributed by atoms with E-state index in [1.165, 1.54) is 6.07 Å². The van der Waals surface area contributed by atoms with E-state index in [1.807, 2.05) is 20.8 Å². The average molecular weight is 289 g/mol. The lowest BCUT2D eigenvalue weighted by Crippen LogP contribution is -2.20. The molecule has 2 amide bonds. The first-order valence-electron chi connectivity index (χ1n) is 6.60. The highest BCUT2D eigenvalue weighted by atomic mass is 16.5. The summed E-state index contributed by atoms with van der Waals surface area (Å²) < 4.78 is 5.19. The standard InChI is InChI=1S/C15H19N3O3/c1-9-7-10(19)5-6-11(9)16-14(20)17-13-8-12(21-18-13)15(2,3)4/h5-8,19H,1-4H3,(H2,16,17,18,20). The molecule has 0 spiro atoms. The van der Waals surface area contributed by atoms with Gasteiger partial charge in [-0.1, -0.05) is 25.9 Å². The zero-order valence-corrected chi connectivity index (χ0v) is 12.5. The van der Waals surface area contributed by atoms with Gasteiger partial charge in [0.25, 0.3) is 0 Å². The summed E-state index contributed by atoms with van der Waals surface area (Å²) in [6.07, 6.45) is 0. The van der Waals surface area contributed by atoms with Gasteiger partial charge in [-0.25, -0.2) is 4.79 Å². The van der Waals surface area contributed by atoms with Gasteiger partial charge < -0.3 is 14.9 Å². The first-order chi connectivity index (χ1) is 9.75. The van der Waals surface area contributed by atoms with E-state index in [0.717, 1.165) is 5.56 Å². The van der Waals surface area contributed by atoms with Gasteiger partial charge in [-0.05, 0) is 30.7 Å². The highest BCUT2D eigenvalue weighted by molar-refractivity contribution is 5.99. The van der Waals surface area contributed by atoms with Crippen molar-refractivity contribution >= 4 is 17.5 Å². The lowest BCUT2D eigenvalue weighted by molar-refractivity contribution is 0.262. The van der Waals surface area contributed by atoms with Crippen LogP contribution in [0.3, 0.4) is 0 Å². The average Bonchev–Trinajstić information content (AvgIpc) is 2.81. The van der Waals surface area contributed by atoms with Crippen molar-refractivity contribution in [2.24, 2.45) is 0 Å². The van der Waals surface area contributed by atoms with Gasteiger partial charge in [-0.15, -0.1) is 0 Å². The molecule has 6 nitrogen and oxygen atoms in total. The molecule has 0 unspecified atom stereocenters. The first-order valence-corrected chi connectivity index (χ1v) is 6.60. The smallest absolute Gasteiger partial charge is 0.324 e. The molecule has 0 aliphatic carbocycles. The number of aryl methyl sites for hydroxylation is 1. The molecule has 0 aliphatic heterocycles. The van der Waals surface area contributed by atoms with Crippen LogP contribution in [0, 0.1) is 6.92 Å². The number of carbonyl (C=O) groups is 1. The number of phenols is 1. The van der Waals surface area contributed by atoms with E-state index in [2.05, 4.69) is 15.8 Å². The van der Waals surface area contributed by atoms with Gasteiger partial charge in [-0.2, -0.15) is 0 Å². The first kappa shape index (κ1) is 14.9. The minimum Gasteiger partial charge on any atom is -0.508 e. The molecule has 112 valence electrons. The fourth-order valence-electron chi connectivity index (χ4n) is 1.75. The molecular formula is C15H19N3O3. The fourth-order valence-corrected chi connectivity index (χ4v) is 1.75. The second kappa shape index (κ2) is 5.47. The van der Waals surface area contributed by atoms with Crippen molar-refractivity contribution in [3.05, 3.63) is 35.6 Å². The van der Waals surface area contributed by atoms with Gasteiger partial charge >= 0.3 is 6.03 Å². The third-order valence-corrected chi connectivity index (χ3v) is 2.95. The SMILES string of the molecule is Cc1cc(O)ccc1NC(=O)Nc1cc(C(C)(C)C)on1. The number of amides is 2. The molecular weight excluding hydrogens is 270 g/mol. The third-order valence-electron chi connectivity index (χ3n) is 2.95. The Morgan fingerprint density at radius 3 is 2.52 bits per heavy atom. The Morgan fingerprint density at radius 2 is 1.95 bits per heavy atom. The molecule has 21 heavy (non-hydrogen) atoms. The molecule has 1 heterocycles. The van der Waals surface area contributed by atoms with E-state index in [9.17, 15) is 9.90 Å². The van der Waals surface area contributed by atoms with E-state index < -0.39 is 6.03 Å². The Balaban J connectivity index is 2.03. The number of hydrogen-bond donors (Lipinski definition) is 3. The second-order valence-corrected chi connectivity index (χ2v) is 5.90. The van der Waals surface area contributed by atoms with Crippen LogP contribution in [0.15, 0.2) is 28.8 Å². The minimum atomic E-state index is -0.419. The summed E-state index contributed by atoms with van der Waals surface area (Å²) in [5, 5.41) is 18.4. The Hall–Kier alpha value is -2.50. The monoisotopic (exact) mass is 289 g/mol. The Bertz CT molecular complexity index is 656. The summed E-state index contributed by atoms with van der Waals surface area (Å²) in [6.45, 7) is 7.79. The predicted octanol–water partition coefficient (Wildman–Crippen LogP) is 3.63. The maximum absolute atomic E-state index is 11.9.